The second kappa shape index (κ2) is 6.26. The maximum atomic E-state index is 12.3. The Morgan fingerprint density at radius 3 is 2.83 bits per heavy atom. The largest absolute Gasteiger partial charge is 0.350 e. The normalized spacial score (nSPS) is 11.3. The molecule has 1 aromatic heterocycles. The van der Waals surface area contributed by atoms with Gasteiger partial charge in [-0.25, -0.2) is 5.43 Å². The fraction of sp³-hybridized carbons (Fsp3) is 0.111. The van der Waals surface area contributed by atoms with Gasteiger partial charge in [-0.1, -0.05) is 41.4 Å². The van der Waals surface area contributed by atoms with E-state index in [0.717, 1.165) is 27.6 Å². The van der Waals surface area contributed by atoms with Crippen molar-refractivity contribution in [3.05, 3.63) is 69.9 Å². The van der Waals surface area contributed by atoms with Crippen molar-refractivity contribution in [1.29, 1.82) is 0 Å². The van der Waals surface area contributed by atoms with Crippen molar-refractivity contribution in [2.75, 3.05) is 0 Å². The number of hydrazone groups is 1. The number of carbonyl (C=O) groups excluding carboxylic acids is 1. The number of rotatable bonds is 3. The van der Waals surface area contributed by atoms with Crippen LogP contribution >= 0.6 is 11.6 Å². The van der Waals surface area contributed by atoms with E-state index in [4.69, 9.17) is 11.6 Å². The molecule has 0 spiro atoms. The van der Waals surface area contributed by atoms with Crippen LogP contribution in [0, 0.1) is 13.8 Å². The highest BCUT2D eigenvalue weighted by molar-refractivity contribution is 6.31. The molecule has 0 bridgehead atoms. The standard InChI is InChI=1S/C18H16ClN3O/c1-11-4-3-5-13(8-11)10-20-22-18(23)17-12(2)15-9-14(19)6-7-16(15)21-17/h3-10,21H,1-2H3,(H,22,23)/b20-10+. The van der Waals surface area contributed by atoms with Crippen LogP contribution in [0.25, 0.3) is 10.9 Å². The zero-order valence-electron chi connectivity index (χ0n) is 12.9. The van der Waals surface area contributed by atoms with Crippen molar-refractivity contribution < 1.29 is 4.79 Å². The smallest absolute Gasteiger partial charge is 0.288 e. The zero-order chi connectivity index (χ0) is 16.4. The van der Waals surface area contributed by atoms with Gasteiger partial charge in [0, 0.05) is 15.9 Å². The predicted molar refractivity (Wildman–Crippen MR) is 94.3 cm³/mol. The number of carbonyl (C=O) groups is 1. The number of nitrogens with one attached hydrogen (secondary N) is 2. The molecule has 3 aromatic rings. The minimum atomic E-state index is -0.279. The van der Waals surface area contributed by atoms with Crippen LogP contribution in [0.4, 0.5) is 0 Å². The van der Waals surface area contributed by atoms with Crippen molar-refractivity contribution in [2.45, 2.75) is 13.8 Å². The lowest BCUT2D eigenvalue weighted by atomic mass is 10.1. The number of nitrogens with zero attached hydrogens (tertiary/aromatic N) is 1. The maximum Gasteiger partial charge on any atom is 0.288 e. The van der Waals surface area contributed by atoms with Crippen molar-refractivity contribution in [3.63, 3.8) is 0 Å². The van der Waals surface area contributed by atoms with E-state index in [2.05, 4.69) is 15.5 Å². The van der Waals surface area contributed by atoms with E-state index < -0.39 is 0 Å². The Morgan fingerprint density at radius 1 is 1.22 bits per heavy atom. The number of halogens is 1. The number of aromatic amines is 1. The molecule has 2 aromatic carbocycles. The van der Waals surface area contributed by atoms with Gasteiger partial charge in [-0.2, -0.15) is 5.10 Å². The molecule has 0 saturated carbocycles. The monoisotopic (exact) mass is 325 g/mol. The summed E-state index contributed by atoms with van der Waals surface area (Å²) >= 11 is 6.01. The third-order valence-corrected chi connectivity index (χ3v) is 3.90. The first-order valence-electron chi connectivity index (χ1n) is 7.22. The lowest BCUT2D eigenvalue weighted by Gasteiger charge is -1.99. The Balaban J connectivity index is 1.80. The lowest BCUT2D eigenvalue weighted by Crippen LogP contribution is -2.18. The van der Waals surface area contributed by atoms with Crippen LogP contribution in [0.15, 0.2) is 47.6 Å². The van der Waals surface area contributed by atoms with Crippen LogP contribution in [0.3, 0.4) is 0 Å². The Hall–Kier alpha value is -2.59. The molecule has 0 fully saturated rings. The van der Waals surface area contributed by atoms with Gasteiger partial charge in [-0.3, -0.25) is 4.79 Å². The maximum absolute atomic E-state index is 12.3. The van der Waals surface area contributed by atoms with Gasteiger partial charge in [0.15, 0.2) is 0 Å². The van der Waals surface area contributed by atoms with Gasteiger partial charge in [0.1, 0.15) is 5.69 Å². The third kappa shape index (κ3) is 3.27. The molecule has 0 radical (unpaired) electrons. The molecule has 23 heavy (non-hydrogen) atoms. The number of benzene rings is 2. The molecular formula is C18H16ClN3O. The first kappa shape index (κ1) is 15.3. The summed E-state index contributed by atoms with van der Waals surface area (Å²) in [5.74, 6) is -0.279. The van der Waals surface area contributed by atoms with E-state index >= 15 is 0 Å². The van der Waals surface area contributed by atoms with E-state index in [0.29, 0.717) is 10.7 Å². The molecule has 1 heterocycles. The summed E-state index contributed by atoms with van der Waals surface area (Å²) in [5.41, 5.74) is 6.84. The fourth-order valence-corrected chi connectivity index (χ4v) is 2.67. The van der Waals surface area contributed by atoms with Gasteiger partial charge in [-0.05, 0) is 43.2 Å². The second-order valence-electron chi connectivity index (χ2n) is 5.43. The SMILES string of the molecule is Cc1cccc(/C=N/NC(=O)c2[nH]c3ccc(Cl)cc3c2C)c1. The van der Waals surface area contributed by atoms with E-state index in [-0.39, 0.29) is 5.91 Å². The number of hydrogen-bond acceptors (Lipinski definition) is 2. The van der Waals surface area contributed by atoms with Crippen LogP contribution in [-0.2, 0) is 0 Å². The molecule has 1 amide bonds. The van der Waals surface area contributed by atoms with E-state index in [1.807, 2.05) is 50.2 Å². The van der Waals surface area contributed by atoms with Gasteiger partial charge in [0.05, 0.1) is 6.21 Å². The van der Waals surface area contributed by atoms with Crippen LogP contribution in [0.2, 0.25) is 5.02 Å². The number of amides is 1. The summed E-state index contributed by atoms with van der Waals surface area (Å²) in [4.78, 5) is 15.4. The second-order valence-corrected chi connectivity index (χ2v) is 5.86. The Kier molecular flexibility index (Phi) is 4.17. The first-order valence-corrected chi connectivity index (χ1v) is 7.60. The molecule has 0 aliphatic carbocycles. The number of fused-ring (bicyclic) bond motifs is 1. The minimum Gasteiger partial charge on any atom is -0.350 e. The average molecular weight is 326 g/mol. The molecular weight excluding hydrogens is 310 g/mol. The van der Waals surface area contributed by atoms with Crippen molar-refractivity contribution >= 4 is 34.6 Å². The number of H-pyrrole nitrogens is 1. The van der Waals surface area contributed by atoms with Crippen LogP contribution in [0.1, 0.15) is 27.2 Å². The quantitative estimate of drug-likeness (QED) is 0.550. The molecule has 3 rings (SSSR count). The molecule has 0 saturated heterocycles. The lowest BCUT2D eigenvalue weighted by molar-refractivity contribution is 0.0950. The fourth-order valence-electron chi connectivity index (χ4n) is 2.50. The molecule has 0 aliphatic heterocycles. The third-order valence-electron chi connectivity index (χ3n) is 3.67. The Bertz CT molecular complexity index is 912. The number of hydrogen-bond donors (Lipinski definition) is 2. The van der Waals surface area contributed by atoms with E-state index in [9.17, 15) is 4.79 Å². The highest BCUT2D eigenvalue weighted by Gasteiger charge is 2.14. The summed E-state index contributed by atoms with van der Waals surface area (Å²) in [5, 5.41) is 5.60. The van der Waals surface area contributed by atoms with Crippen LogP contribution in [-0.4, -0.2) is 17.1 Å². The van der Waals surface area contributed by atoms with E-state index in [1.165, 1.54) is 0 Å². The predicted octanol–water partition coefficient (Wildman–Crippen LogP) is 4.20. The molecule has 0 unspecified atom stereocenters. The molecule has 5 heteroatoms. The van der Waals surface area contributed by atoms with Crippen molar-refractivity contribution in [3.8, 4) is 0 Å². The van der Waals surface area contributed by atoms with Crippen molar-refractivity contribution in [1.82, 2.24) is 10.4 Å². The summed E-state index contributed by atoms with van der Waals surface area (Å²) in [6.07, 6.45) is 1.62. The Morgan fingerprint density at radius 2 is 2.04 bits per heavy atom. The molecule has 4 nitrogen and oxygen atoms in total. The van der Waals surface area contributed by atoms with Gasteiger partial charge in [0.2, 0.25) is 0 Å². The topological polar surface area (TPSA) is 57.2 Å². The molecule has 116 valence electrons. The zero-order valence-corrected chi connectivity index (χ0v) is 13.6. The minimum absolute atomic E-state index is 0.279. The summed E-state index contributed by atoms with van der Waals surface area (Å²) in [6.45, 7) is 3.89. The van der Waals surface area contributed by atoms with Gasteiger partial charge in [-0.15, -0.1) is 0 Å². The summed E-state index contributed by atoms with van der Waals surface area (Å²) in [6, 6.07) is 13.4. The molecule has 0 atom stereocenters. The van der Waals surface area contributed by atoms with Crippen molar-refractivity contribution in [2.24, 2.45) is 5.10 Å². The number of aromatic nitrogens is 1. The highest BCUT2D eigenvalue weighted by atomic mass is 35.5. The van der Waals surface area contributed by atoms with Gasteiger partial charge < -0.3 is 4.98 Å². The summed E-state index contributed by atoms with van der Waals surface area (Å²) < 4.78 is 0. The number of aryl methyl sites for hydroxylation is 2. The Labute approximate surface area is 139 Å². The first-order chi connectivity index (χ1) is 11.0. The highest BCUT2D eigenvalue weighted by Crippen LogP contribution is 2.24. The summed E-state index contributed by atoms with van der Waals surface area (Å²) in [7, 11) is 0. The van der Waals surface area contributed by atoms with Crippen LogP contribution < -0.4 is 5.43 Å². The van der Waals surface area contributed by atoms with E-state index in [1.54, 1.807) is 12.3 Å². The molecule has 2 N–H and O–H groups in total. The van der Waals surface area contributed by atoms with Crippen LogP contribution in [0.5, 0.6) is 0 Å². The van der Waals surface area contributed by atoms with Gasteiger partial charge in [0.25, 0.3) is 5.91 Å². The molecule has 0 aliphatic rings. The average Bonchev–Trinajstić information content (AvgIpc) is 2.84. The van der Waals surface area contributed by atoms with Gasteiger partial charge >= 0.3 is 0 Å².